The van der Waals surface area contributed by atoms with Gasteiger partial charge in [0.1, 0.15) is 11.3 Å². The molecule has 5 nitrogen and oxygen atoms in total. The minimum atomic E-state index is -1.31. The quantitative estimate of drug-likeness (QED) is 0.803. The van der Waals surface area contributed by atoms with Crippen molar-refractivity contribution >= 4 is 35.1 Å². The van der Waals surface area contributed by atoms with E-state index in [1.807, 2.05) is 6.92 Å². The highest BCUT2D eigenvalue weighted by Gasteiger charge is 2.33. The van der Waals surface area contributed by atoms with E-state index in [1.54, 1.807) is 12.1 Å². The molecule has 2 N–H and O–H groups in total. The van der Waals surface area contributed by atoms with Crippen LogP contribution in [0.1, 0.15) is 26.7 Å². The zero-order chi connectivity index (χ0) is 16.0. The van der Waals surface area contributed by atoms with E-state index in [0.29, 0.717) is 22.9 Å². The van der Waals surface area contributed by atoms with Crippen LogP contribution < -0.4 is 10.1 Å². The van der Waals surface area contributed by atoms with E-state index < -0.39 is 17.4 Å². The predicted molar refractivity (Wildman–Crippen MR) is 81.0 cm³/mol. The third-order valence-electron chi connectivity index (χ3n) is 2.89. The van der Waals surface area contributed by atoms with Gasteiger partial charge in [-0.3, -0.25) is 4.79 Å². The molecular formula is C14H17Cl2NO4. The number of carbonyl (C=O) groups excluding carboxylic acids is 1. The molecule has 0 spiro atoms. The van der Waals surface area contributed by atoms with Gasteiger partial charge in [0.05, 0.1) is 5.02 Å². The number of halogens is 2. The second-order valence-electron chi connectivity index (χ2n) is 4.80. The molecule has 1 aromatic carbocycles. The number of carbonyl (C=O) groups is 2. The van der Waals surface area contributed by atoms with Gasteiger partial charge in [-0.25, -0.2) is 4.79 Å². The van der Waals surface area contributed by atoms with Crippen LogP contribution in [-0.2, 0) is 9.59 Å². The molecule has 0 heterocycles. The Bertz CT molecular complexity index is 536. The Morgan fingerprint density at radius 1 is 1.38 bits per heavy atom. The van der Waals surface area contributed by atoms with E-state index >= 15 is 0 Å². The highest BCUT2D eigenvalue weighted by molar-refractivity contribution is 6.34. The molecule has 0 fully saturated rings. The van der Waals surface area contributed by atoms with Gasteiger partial charge in [0.25, 0.3) is 5.91 Å². The normalized spacial score (nSPS) is 13.3. The maximum atomic E-state index is 11.8. The molecule has 0 aromatic heterocycles. The molecule has 1 amide bonds. The van der Waals surface area contributed by atoms with Crippen LogP contribution in [0.5, 0.6) is 5.75 Å². The number of hydrogen-bond donors (Lipinski definition) is 2. The minimum absolute atomic E-state index is 0.270. The number of rotatable bonds is 7. The number of hydrogen-bond acceptors (Lipinski definition) is 3. The Morgan fingerprint density at radius 3 is 2.62 bits per heavy atom. The van der Waals surface area contributed by atoms with Gasteiger partial charge in [-0.1, -0.05) is 36.5 Å². The average Bonchev–Trinajstić information content (AvgIpc) is 2.40. The second-order valence-corrected chi connectivity index (χ2v) is 5.64. The lowest BCUT2D eigenvalue weighted by Crippen LogP contribution is -2.53. The number of carboxylic acid groups (broad SMARTS) is 1. The number of nitrogens with one attached hydrogen (secondary N) is 1. The standard InChI is InChI=1S/C14H17Cl2NO4/c1-3-6-14(2,13(19)20)17-12(18)8-21-11-7-9(15)4-5-10(11)16/h4-5,7H,3,6,8H2,1-2H3,(H,17,18)(H,19,20). The topological polar surface area (TPSA) is 75.6 Å². The molecule has 116 valence electrons. The van der Waals surface area contributed by atoms with Crippen molar-refractivity contribution in [2.45, 2.75) is 32.2 Å². The lowest BCUT2D eigenvalue weighted by atomic mass is 9.96. The molecule has 1 rings (SSSR count). The summed E-state index contributed by atoms with van der Waals surface area (Å²) in [6.07, 6.45) is 0.954. The second kappa shape index (κ2) is 7.52. The molecule has 0 saturated carbocycles. The molecule has 0 bridgehead atoms. The smallest absolute Gasteiger partial charge is 0.329 e. The lowest BCUT2D eigenvalue weighted by Gasteiger charge is -2.25. The number of amides is 1. The van der Waals surface area contributed by atoms with Gasteiger partial charge in [-0.05, 0) is 25.5 Å². The molecular weight excluding hydrogens is 317 g/mol. The van der Waals surface area contributed by atoms with Gasteiger partial charge in [0.2, 0.25) is 0 Å². The third kappa shape index (κ3) is 5.10. The Balaban J connectivity index is 2.65. The molecule has 0 saturated heterocycles. The van der Waals surface area contributed by atoms with Gasteiger partial charge in [0.15, 0.2) is 6.61 Å². The maximum Gasteiger partial charge on any atom is 0.329 e. The monoisotopic (exact) mass is 333 g/mol. The Hall–Kier alpha value is -1.46. The lowest BCUT2D eigenvalue weighted by molar-refractivity contribution is -0.147. The van der Waals surface area contributed by atoms with Crippen LogP contribution in [0.2, 0.25) is 10.0 Å². The van der Waals surface area contributed by atoms with Crippen LogP contribution in [0, 0.1) is 0 Å². The van der Waals surface area contributed by atoms with Crippen molar-refractivity contribution in [1.82, 2.24) is 5.32 Å². The van der Waals surface area contributed by atoms with Gasteiger partial charge in [-0.15, -0.1) is 0 Å². The summed E-state index contributed by atoms with van der Waals surface area (Å²) in [4.78, 5) is 23.1. The summed E-state index contributed by atoms with van der Waals surface area (Å²) in [7, 11) is 0. The fourth-order valence-corrected chi connectivity index (χ4v) is 2.13. The summed E-state index contributed by atoms with van der Waals surface area (Å²) >= 11 is 11.7. The van der Waals surface area contributed by atoms with Gasteiger partial charge in [0, 0.05) is 11.1 Å². The molecule has 21 heavy (non-hydrogen) atoms. The summed E-state index contributed by atoms with van der Waals surface area (Å²) < 4.78 is 5.26. The SMILES string of the molecule is CCCC(C)(NC(=O)COc1cc(Cl)ccc1Cl)C(=O)O. The molecule has 1 aromatic rings. The van der Waals surface area contributed by atoms with Crippen molar-refractivity contribution in [3.63, 3.8) is 0 Å². The molecule has 0 aliphatic rings. The van der Waals surface area contributed by atoms with Crippen LogP contribution in [0.15, 0.2) is 18.2 Å². The van der Waals surface area contributed by atoms with Gasteiger partial charge in [-0.2, -0.15) is 0 Å². The predicted octanol–water partition coefficient (Wildman–Crippen LogP) is 3.13. The molecule has 0 aliphatic carbocycles. The fraction of sp³-hybridized carbons (Fsp3) is 0.429. The number of carboxylic acids is 1. The molecule has 1 atom stereocenters. The molecule has 7 heteroatoms. The van der Waals surface area contributed by atoms with E-state index in [9.17, 15) is 14.7 Å². The molecule has 0 aliphatic heterocycles. The van der Waals surface area contributed by atoms with Crippen LogP contribution in [0.25, 0.3) is 0 Å². The Kier molecular flexibility index (Phi) is 6.30. The third-order valence-corrected chi connectivity index (χ3v) is 3.44. The zero-order valence-electron chi connectivity index (χ0n) is 11.8. The highest BCUT2D eigenvalue weighted by atomic mass is 35.5. The maximum absolute atomic E-state index is 11.8. The highest BCUT2D eigenvalue weighted by Crippen LogP contribution is 2.27. The largest absolute Gasteiger partial charge is 0.482 e. The first-order valence-electron chi connectivity index (χ1n) is 6.40. The average molecular weight is 334 g/mol. The number of benzene rings is 1. The van der Waals surface area contributed by atoms with Crippen molar-refractivity contribution in [2.75, 3.05) is 6.61 Å². The van der Waals surface area contributed by atoms with Crippen LogP contribution in [0.3, 0.4) is 0 Å². The summed E-state index contributed by atoms with van der Waals surface area (Å²) in [5, 5.41) is 12.4. The van der Waals surface area contributed by atoms with Crippen molar-refractivity contribution in [3.8, 4) is 5.75 Å². The van der Waals surface area contributed by atoms with Crippen molar-refractivity contribution < 1.29 is 19.4 Å². The number of ether oxygens (including phenoxy) is 1. The van der Waals surface area contributed by atoms with Gasteiger partial charge >= 0.3 is 5.97 Å². The van der Waals surface area contributed by atoms with Crippen molar-refractivity contribution in [3.05, 3.63) is 28.2 Å². The first-order valence-corrected chi connectivity index (χ1v) is 7.16. The first kappa shape index (κ1) is 17.6. The zero-order valence-corrected chi connectivity index (χ0v) is 13.3. The number of aliphatic carboxylic acids is 1. The van der Waals surface area contributed by atoms with Crippen LogP contribution in [0.4, 0.5) is 0 Å². The minimum Gasteiger partial charge on any atom is -0.482 e. The van der Waals surface area contributed by atoms with Crippen molar-refractivity contribution in [2.24, 2.45) is 0 Å². The van der Waals surface area contributed by atoms with E-state index in [1.165, 1.54) is 13.0 Å². The molecule has 0 radical (unpaired) electrons. The summed E-state index contributed by atoms with van der Waals surface area (Å²) in [6, 6.07) is 4.63. The van der Waals surface area contributed by atoms with E-state index in [0.717, 1.165) is 0 Å². The van der Waals surface area contributed by atoms with Gasteiger partial charge < -0.3 is 15.2 Å². The summed E-state index contributed by atoms with van der Waals surface area (Å²) in [6.45, 7) is 2.96. The fourth-order valence-electron chi connectivity index (χ4n) is 1.80. The first-order chi connectivity index (χ1) is 9.78. The van der Waals surface area contributed by atoms with Crippen LogP contribution >= 0.6 is 23.2 Å². The van der Waals surface area contributed by atoms with E-state index in [2.05, 4.69) is 5.32 Å². The summed E-state index contributed by atoms with van der Waals surface area (Å²) in [5.74, 6) is -1.35. The van der Waals surface area contributed by atoms with E-state index in [-0.39, 0.29) is 12.4 Å². The van der Waals surface area contributed by atoms with Crippen LogP contribution in [-0.4, -0.2) is 29.1 Å². The summed E-state index contributed by atoms with van der Waals surface area (Å²) in [5.41, 5.74) is -1.31. The van der Waals surface area contributed by atoms with E-state index in [4.69, 9.17) is 27.9 Å². The van der Waals surface area contributed by atoms with Crippen molar-refractivity contribution in [1.29, 1.82) is 0 Å². The Morgan fingerprint density at radius 2 is 2.05 bits per heavy atom. The molecule has 1 unspecified atom stereocenters. The Labute approximate surface area is 133 Å².